The standard InChI is InChI=1S/C26H32FN3O4/c1-33-22-12-11-21(17-23(22)34-2)28-25(31)24(18-5-3-4-6-18)29-13-15-30(16-14-29)26(32)19-7-9-20(27)10-8-19/h7-12,17-18,24H,3-6,13-16H2,1-2H3,(H,28,31). The van der Waals surface area contributed by atoms with E-state index in [1.165, 1.54) is 24.3 Å². The van der Waals surface area contributed by atoms with Crippen molar-refractivity contribution in [3.05, 3.63) is 53.8 Å². The highest BCUT2D eigenvalue weighted by molar-refractivity contribution is 5.96. The summed E-state index contributed by atoms with van der Waals surface area (Å²) in [6.45, 7) is 2.30. The molecule has 2 fully saturated rings. The van der Waals surface area contributed by atoms with Gasteiger partial charge in [0.2, 0.25) is 5.91 Å². The number of nitrogens with one attached hydrogen (secondary N) is 1. The largest absolute Gasteiger partial charge is 0.493 e. The van der Waals surface area contributed by atoms with Gasteiger partial charge in [-0.3, -0.25) is 14.5 Å². The number of halogens is 1. The highest BCUT2D eigenvalue weighted by atomic mass is 19.1. The Hall–Kier alpha value is -3.13. The first-order chi connectivity index (χ1) is 16.5. The third kappa shape index (κ3) is 5.33. The fourth-order valence-electron chi connectivity index (χ4n) is 5.06. The van der Waals surface area contributed by atoms with Gasteiger partial charge in [0, 0.05) is 43.5 Å². The van der Waals surface area contributed by atoms with Gasteiger partial charge in [0.1, 0.15) is 5.82 Å². The minimum Gasteiger partial charge on any atom is -0.493 e. The Balaban J connectivity index is 1.44. The van der Waals surface area contributed by atoms with Gasteiger partial charge >= 0.3 is 0 Å². The van der Waals surface area contributed by atoms with E-state index in [1.54, 1.807) is 31.3 Å². The van der Waals surface area contributed by atoms with Crippen molar-refractivity contribution in [2.75, 3.05) is 45.7 Å². The van der Waals surface area contributed by atoms with Gasteiger partial charge in [-0.15, -0.1) is 0 Å². The number of benzene rings is 2. The van der Waals surface area contributed by atoms with Gasteiger partial charge in [0.15, 0.2) is 11.5 Å². The second kappa shape index (κ2) is 10.9. The Morgan fingerprint density at radius 3 is 2.21 bits per heavy atom. The Labute approximate surface area is 199 Å². The zero-order valence-electron chi connectivity index (χ0n) is 19.8. The van der Waals surface area contributed by atoms with Crippen LogP contribution in [0.5, 0.6) is 11.5 Å². The van der Waals surface area contributed by atoms with Gasteiger partial charge in [0.05, 0.1) is 20.3 Å². The van der Waals surface area contributed by atoms with E-state index in [4.69, 9.17) is 9.47 Å². The van der Waals surface area contributed by atoms with Gasteiger partial charge in [-0.25, -0.2) is 4.39 Å². The van der Waals surface area contributed by atoms with Crippen molar-refractivity contribution < 1.29 is 23.5 Å². The number of hydrogen-bond acceptors (Lipinski definition) is 5. The number of anilines is 1. The molecule has 182 valence electrons. The van der Waals surface area contributed by atoms with Crippen molar-refractivity contribution in [3.8, 4) is 11.5 Å². The molecule has 1 heterocycles. The van der Waals surface area contributed by atoms with Crippen molar-refractivity contribution >= 4 is 17.5 Å². The number of hydrogen-bond donors (Lipinski definition) is 1. The molecule has 2 aromatic carbocycles. The van der Waals surface area contributed by atoms with E-state index in [1.807, 2.05) is 6.07 Å². The first-order valence-corrected chi connectivity index (χ1v) is 11.8. The van der Waals surface area contributed by atoms with E-state index in [0.717, 1.165) is 25.7 Å². The predicted molar refractivity (Wildman–Crippen MR) is 128 cm³/mol. The fourth-order valence-corrected chi connectivity index (χ4v) is 5.06. The number of ether oxygens (including phenoxy) is 2. The number of carbonyl (C=O) groups excluding carboxylic acids is 2. The summed E-state index contributed by atoms with van der Waals surface area (Å²) in [7, 11) is 3.14. The molecule has 0 spiro atoms. The first kappa shape index (κ1) is 24.0. The molecule has 2 aliphatic rings. The van der Waals surface area contributed by atoms with E-state index in [2.05, 4.69) is 10.2 Å². The lowest BCUT2D eigenvalue weighted by Crippen LogP contribution is -2.56. The molecule has 7 nitrogen and oxygen atoms in total. The lowest BCUT2D eigenvalue weighted by molar-refractivity contribution is -0.123. The van der Waals surface area contributed by atoms with Crippen molar-refractivity contribution in [1.82, 2.24) is 9.80 Å². The second-order valence-electron chi connectivity index (χ2n) is 8.88. The van der Waals surface area contributed by atoms with Crippen LogP contribution in [0.3, 0.4) is 0 Å². The third-order valence-corrected chi connectivity index (χ3v) is 6.85. The van der Waals surface area contributed by atoms with Crippen LogP contribution in [0, 0.1) is 11.7 Å². The minimum atomic E-state index is -0.360. The summed E-state index contributed by atoms with van der Waals surface area (Å²) in [5.74, 6) is 0.963. The number of nitrogens with zero attached hydrogens (tertiary/aromatic N) is 2. The predicted octanol–water partition coefficient (Wildman–Crippen LogP) is 3.80. The van der Waals surface area contributed by atoms with Crippen molar-refractivity contribution in [1.29, 1.82) is 0 Å². The van der Waals surface area contributed by atoms with Crippen LogP contribution in [0.25, 0.3) is 0 Å². The van der Waals surface area contributed by atoms with Gasteiger partial charge in [0.25, 0.3) is 5.91 Å². The molecule has 1 saturated carbocycles. The molecule has 0 bridgehead atoms. The average Bonchev–Trinajstić information content (AvgIpc) is 3.39. The zero-order chi connectivity index (χ0) is 24.1. The molecule has 1 aliphatic carbocycles. The quantitative estimate of drug-likeness (QED) is 0.668. The molecule has 1 saturated heterocycles. The molecular weight excluding hydrogens is 437 g/mol. The van der Waals surface area contributed by atoms with Crippen molar-refractivity contribution in [2.24, 2.45) is 5.92 Å². The third-order valence-electron chi connectivity index (χ3n) is 6.85. The summed E-state index contributed by atoms with van der Waals surface area (Å²) in [6, 6.07) is 10.7. The topological polar surface area (TPSA) is 71.1 Å². The van der Waals surface area contributed by atoms with Gasteiger partial charge in [-0.1, -0.05) is 12.8 Å². The molecule has 1 unspecified atom stereocenters. The van der Waals surface area contributed by atoms with Crippen LogP contribution < -0.4 is 14.8 Å². The van der Waals surface area contributed by atoms with Crippen LogP contribution in [0.1, 0.15) is 36.0 Å². The van der Waals surface area contributed by atoms with Crippen molar-refractivity contribution in [2.45, 2.75) is 31.7 Å². The zero-order valence-corrected chi connectivity index (χ0v) is 19.8. The number of methoxy groups -OCH3 is 2. The lowest BCUT2D eigenvalue weighted by Gasteiger charge is -2.40. The van der Waals surface area contributed by atoms with Gasteiger partial charge in [-0.2, -0.15) is 0 Å². The summed E-state index contributed by atoms with van der Waals surface area (Å²) in [5, 5.41) is 3.08. The maximum absolute atomic E-state index is 13.5. The summed E-state index contributed by atoms with van der Waals surface area (Å²) in [5.41, 5.74) is 1.14. The average molecular weight is 470 g/mol. The Morgan fingerprint density at radius 1 is 0.941 bits per heavy atom. The lowest BCUT2D eigenvalue weighted by atomic mass is 9.94. The van der Waals surface area contributed by atoms with Crippen molar-refractivity contribution in [3.63, 3.8) is 0 Å². The van der Waals surface area contributed by atoms with Crippen LogP contribution in [-0.4, -0.2) is 68.1 Å². The number of carbonyl (C=O) groups is 2. The Morgan fingerprint density at radius 2 is 1.59 bits per heavy atom. The van der Waals surface area contributed by atoms with E-state index >= 15 is 0 Å². The van der Waals surface area contributed by atoms with Gasteiger partial charge < -0.3 is 19.7 Å². The number of piperazine rings is 1. The summed E-state index contributed by atoms with van der Waals surface area (Å²) in [4.78, 5) is 30.3. The van der Waals surface area contributed by atoms with Crippen LogP contribution in [-0.2, 0) is 4.79 Å². The van der Waals surface area contributed by atoms with E-state index in [0.29, 0.717) is 54.8 Å². The van der Waals surface area contributed by atoms with Crippen LogP contribution in [0.4, 0.5) is 10.1 Å². The van der Waals surface area contributed by atoms with E-state index in [9.17, 15) is 14.0 Å². The fraction of sp³-hybridized carbons (Fsp3) is 0.462. The van der Waals surface area contributed by atoms with Gasteiger partial charge in [-0.05, 0) is 55.2 Å². The SMILES string of the molecule is COc1ccc(NC(=O)C(C2CCCC2)N2CCN(C(=O)c3ccc(F)cc3)CC2)cc1OC. The molecule has 0 aromatic heterocycles. The first-order valence-electron chi connectivity index (χ1n) is 11.8. The molecule has 1 aliphatic heterocycles. The Kier molecular flexibility index (Phi) is 7.67. The molecule has 8 heteroatoms. The molecule has 2 aromatic rings. The number of amides is 2. The highest BCUT2D eigenvalue weighted by Crippen LogP contribution is 2.33. The van der Waals surface area contributed by atoms with Crippen LogP contribution in [0.15, 0.2) is 42.5 Å². The normalized spacial score (nSPS) is 17.9. The molecule has 1 atom stereocenters. The summed E-state index contributed by atoms with van der Waals surface area (Å²) >= 11 is 0. The molecule has 34 heavy (non-hydrogen) atoms. The Bertz CT molecular complexity index is 1000. The maximum atomic E-state index is 13.5. The van der Waals surface area contributed by atoms with Crippen LogP contribution >= 0.6 is 0 Å². The van der Waals surface area contributed by atoms with Crippen LogP contribution in [0.2, 0.25) is 0 Å². The smallest absolute Gasteiger partial charge is 0.253 e. The molecule has 1 N–H and O–H groups in total. The molecular formula is C26H32FN3O4. The minimum absolute atomic E-state index is 0.0302. The van der Waals surface area contributed by atoms with E-state index in [-0.39, 0.29) is 23.7 Å². The molecule has 4 rings (SSSR count). The monoisotopic (exact) mass is 469 g/mol. The molecule has 2 amide bonds. The summed E-state index contributed by atoms with van der Waals surface area (Å²) < 4.78 is 23.9. The number of rotatable bonds is 7. The maximum Gasteiger partial charge on any atom is 0.253 e. The van der Waals surface area contributed by atoms with E-state index < -0.39 is 0 Å². The molecule has 0 radical (unpaired) electrons. The summed E-state index contributed by atoms with van der Waals surface area (Å²) in [6.07, 6.45) is 4.32. The second-order valence-corrected chi connectivity index (χ2v) is 8.88. The highest BCUT2D eigenvalue weighted by Gasteiger charge is 2.37.